The van der Waals surface area contributed by atoms with Gasteiger partial charge in [0.25, 0.3) is 11.8 Å². The van der Waals surface area contributed by atoms with E-state index in [2.05, 4.69) is 32.4 Å². The van der Waals surface area contributed by atoms with E-state index in [1.165, 1.54) is 41.7 Å². The highest BCUT2D eigenvalue weighted by Gasteiger charge is 2.31. The Morgan fingerprint density at radius 3 is 2.60 bits per heavy atom. The van der Waals surface area contributed by atoms with E-state index in [0.717, 1.165) is 34.0 Å². The van der Waals surface area contributed by atoms with Crippen LogP contribution in [0.1, 0.15) is 37.6 Å². The average Bonchev–Trinajstić information content (AvgIpc) is 3.40. The van der Waals surface area contributed by atoms with Gasteiger partial charge in [0.2, 0.25) is 9.84 Å². The van der Waals surface area contributed by atoms with Gasteiger partial charge in [-0.3, -0.25) is 9.59 Å². The van der Waals surface area contributed by atoms with Crippen LogP contribution in [0.5, 0.6) is 0 Å². The molecule has 0 atom stereocenters. The number of amides is 2. The van der Waals surface area contributed by atoms with Gasteiger partial charge in [-0.1, -0.05) is 36.1 Å². The minimum atomic E-state index is -3.93. The average molecular weight is 571 g/mol. The highest BCUT2D eigenvalue weighted by molar-refractivity contribution is 7.91. The predicted molar refractivity (Wildman–Crippen MR) is 155 cm³/mol. The number of thiazole rings is 1. The number of hydrogen-bond acceptors (Lipinski definition) is 7. The Bertz CT molecular complexity index is 1770. The van der Waals surface area contributed by atoms with Gasteiger partial charge in [-0.05, 0) is 56.6 Å². The summed E-state index contributed by atoms with van der Waals surface area (Å²) in [7, 11) is 0.108. The molecule has 0 bridgehead atoms. The smallest absolute Gasteiger partial charge is 0.257 e. The van der Waals surface area contributed by atoms with Crippen LogP contribution in [0.2, 0.25) is 0 Å². The van der Waals surface area contributed by atoms with Crippen LogP contribution in [0.3, 0.4) is 0 Å². The lowest BCUT2D eigenvalue weighted by Gasteiger charge is -2.10. The van der Waals surface area contributed by atoms with Crippen LogP contribution in [0.25, 0.3) is 10.6 Å². The standard InChI is InChI=1S/C30H26N4O4S2/c1-34(2)16-6-5-7-20-10-12-21(13-11-20)30-32-19-23(39-30)18-31-28(35)22-14-15-27-25(17-22)33-29(36)24-8-3-4-9-26(24)40(27,37)38/h3-4,8-15,17,19H,6,16,18H2,1-2H3,(H,31,35)(H,33,36). The van der Waals surface area contributed by atoms with Crippen molar-refractivity contribution in [1.82, 2.24) is 15.2 Å². The molecule has 5 rings (SSSR count). The van der Waals surface area contributed by atoms with Gasteiger partial charge in [-0.25, -0.2) is 13.4 Å². The Balaban J connectivity index is 1.25. The minimum absolute atomic E-state index is 0.0555. The summed E-state index contributed by atoms with van der Waals surface area (Å²) in [4.78, 5) is 32.9. The molecule has 1 aliphatic rings. The van der Waals surface area contributed by atoms with Crippen molar-refractivity contribution in [3.8, 4) is 22.4 Å². The zero-order valence-corrected chi connectivity index (χ0v) is 23.5. The number of sulfone groups is 1. The van der Waals surface area contributed by atoms with E-state index in [4.69, 9.17) is 0 Å². The SMILES string of the molecule is CN(C)CCC#Cc1ccc(-c2ncc(CNC(=O)c3ccc4c(c3)NC(=O)c3ccccc3S4(=O)=O)s2)cc1. The van der Waals surface area contributed by atoms with Crippen LogP contribution in [-0.4, -0.2) is 50.8 Å². The molecule has 2 amide bonds. The molecule has 0 saturated heterocycles. The molecule has 10 heteroatoms. The summed E-state index contributed by atoms with van der Waals surface area (Å²) in [6.45, 7) is 1.17. The maximum atomic E-state index is 13.2. The van der Waals surface area contributed by atoms with Gasteiger partial charge in [-0.2, -0.15) is 0 Å². The Morgan fingerprint density at radius 2 is 1.82 bits per heavy atom. The molecule has 0 aliphatic carbocycles. The monoisotopic (exact) mass is 570 g/mol. The summed E-state index contributed by atoms with van der Waals surface area (Å²) in [5.41, 5.74) is 2.27. The molecule has 3 aromatic carbocycles. The number of anilines is 1. The summed E-state index contributed by atoms with van der Waals surface area (Å²) in [5.74, 6) is 5.40. The number of fused-ring (bicyclic) bond motifs is 2. The van der Waals surface area contributed by atoms with Crippen LogP contribution >= 0.6 is 11.3 Å². The summed E-state index contributed by atoms with van der Waals surface area (Å²) in [5, 5.41) is 6.30. The van der Waals surface area contributed by atoms with E-state index in [0.29, 0.717) is 0 Å². The van der Waals surface area contributed by atoms with E-state index in [1.807, 2.05) is 38.4 Å². The van der Waals surface area contributed by atoms with Crippen LogP contribution in [-0.2, 0) is 16.4 Å². The van der Waals surface area contributed by atoms with E-state index < -0.39 is 21.7 Å². The topological polar surface area (TPSA) is 108 Å². The van der Waals surface area contributed by atoms with Gasteiger partial charge < -0.3 is 15.5 Å². The highest BCUT2D eigenvalue weighted by Crippen LogP contribution is 2.34. The number of carbonyl (C=O) groups excluding carboxylic acids is 2. The second-order valence-corrected chi connectivity index (χ2v) is 12.4. The molecule has 4 aromatic rings. The first-order valence-electron chi connectivity index (χ1n) is 12.5. The molecule has 40 heavy (non-hydrogen) atoms. The van der Waals surface area contributed by atoms with Gasteiger partial charge in [-0.15, -0.1) is 11.3 Å². The Labute approximate surface area is 237 Å². The Hall–Kier alpha value is -4.30. The van der Waals surface area contributed by atoms with Gasteiger partial charge in [0.1, 0.15) is 5.01 Å². The third-order valence-corrected chi connectivity index (χ3v) is 9.14. The third-order valence-electron chi connectivity index (χ3n) is 6.23. The maximum absolute atomic E-state index is 13.2. The molecule has 0 radical (unpaired) electrons. The summed E-state index contributed by atoms with van der Waals surface area (Å²) >= 11 is 1.47. The second kappa shape index (κ2) is 11.4. The predicted octanol–water partition coefficient (Wildman–Crippen LogP) is 4.44. The lowest BCUT2D eigenvalue weighted by molar-refractivity contribution is 0.0949. The van der Waals surface area contributed by atoms with Gasteiger partial charge in [0.15, 0.2) is 0 Å². The first-order valence-corrected chi connectivity index (χ1v) is 14.8. The van der Waals surface area contributed by atoms with E-state index in [9.17, 15) is 18.0 Å². The zero-order chi connectivity index (χ0) is 28.3. The molecule has 202 valence electrons. The summed E-state index contributed by atoms with van der Waals surface area (Å²) in [6, 6.07) is 18.1. The molecular formula is C30H26N4O4S2. The van der Waals surface area contributed by atoms with Crippen molar-refractivity contribution in [1.29, 1.82) is 0 Å². The fourth-order valence-electron chi connectivity index (χ4n) is 4.13. The molecule has 1 aromatic heterocycles. The zero-order valence-electron chi connectivity index (χ0n) is 21.9. The lowest BCUT2D eigenvalue weighted by atomic mass is 10.1. The molecule has 2 N–H and O–H groups in total. The lowest BCUT2D eigenvalue weighted by Crippen LogP contribution is -2.22. The highest BCUT2D eigenvalue weighted by atomic mass is 32.2. The van der Waals surface area contributed by atoms with Crippen LogP contribution in [0.4, 0.5) is 5.69 Å². The van der Waals surface area contributed by atoms with Gasteiger partial charge >= 0.3 is 0 Å². The number of benzene rings is 3. The Morgan fingerprint density at radius 1 is 1.05 bits per heavy atom. The van der Waals surface area contributed by atoms with Crippen molar-refractivity contribution in [2.24, 2.45) is 0 Å². The maximum Gasteiger partial charge on any atom is 0.257 e. The molecular weight excluding hydrogens is 544 g/mol. The molecule has 0 spiro atoms. The molecule has 0 unspecified atom stereocenters. The first kappa shape index (κ1) is 27.3. The fourth-order valence-corrected chi connectivity index (χ4v) is 6.58. The molecule has 0 fully saturated rings. The van der Waals surface area contributed by atoms with E-state index in [1.54, 1.807) is 18.3 Å². The number of carbonyl (C=O) groups is 2. The van der Waals surface area contributed by atoms with Crippen LogP contribution < -0.4 is 10.6 Å². The molecule has 0 saturated carbocycles. The van der Waals surface area contributed by atoms with Crippen molar-refractivity contribution in [2.75, 3.05) is 26.0 Å². The van der Waals surface area contributed by atoms with Crippen molar-refractivity contribution in [3.63, 3.8) is 0 Å². The van der Waals surface area contributed by atoms with E-state index >= 15 is 0 Å². The fraction of sp³-hybridized carbons (Fsp3) is 0.167. The van der Waals surface area contributed by atoms with Crippen molar-refractivity contribution in [2.45, 2.75) is 22.8 Å². The first-order chi connectivity index (χ1) is 19.2. The summed E-state index contributed by atoms with van der Waals surface area (Å²) in [6.07, 6.45) is 2.53. The number of rotatable bonds is 6. The van der Waals surface area contributed by atoms with Crippen molar-refractivity contribution < 1.29 is 18.0 Å². The number of aromatic nitrogens is 1. The minimum Gasteiger partial charge on any atom is -0.347 e. The van der Waals surface area contributed by atoms with Gasteiger partial charge in [0, 0.05) is 40.7 Å². The Kier molecular flexibility index (Phi) is 7.80. The quantitative estimate of drug-likeness (QED) is 0.332. The van der Waals surface area contributed by atoms with Crippen LogP contribution in [0, 0.1) is 11.8 Å². The normalized spacial score (nSPS) is 13.3. The number of nitrogens with one attached hydrogen (secondary N) is 2. The molecule has 2 heterocycles. The summed E-state index contributed by atoms with van der Waals surface area (Å²) < 4.78 is 26.3. The number of nitrogens with zero attached hydrogens (tertiary/aromatic N) is 2. The van der Waals surface area contributed by atoms with Crippen LogP contribution in [0.15, 0.2) is 82.7 Å². The number of hydrogen-bond donors (Lipinski definition) is 2. The molecule has 1 aliphatic heterocycles. The van der Waals surface area contributed by atoms with Gasteiger partial charge in [0.05, 0.1) is 27.6 Å². The molecule has 8 nitrogen and oxygen atoms in total. The van der Waals surface area contributed by atoms with Crippen molar-refractivity contribution >= 4 is 38.7 Å². The largest absolute Gasteiger partial charge is 0.347 e. The second-order valence-electron chi connectivity index (χ2n) is 9.41. The van der Waals surface area contributed by atoms with E-state index in [-0.39, 0.29) is 33.2 Å². The third kappa shape index (κ3) is 5.82. The van der Waals surface area contributed by atoms with Crippen molar-refractivity contribution in [3.05, 3.63) is 94.5 Å².